The summed E-state index contributed by atoms with van der Waals surface area (Å²) in [5, 5.41) is 3.59. The number of hydrogen-bond acceptors (Lipinski definition) is 2. The average Bonchev–Trinajstić information content (AvgIpc) is 2.87. The number of fused-ring (bicyclic) bond motifs is 1. The first-order chi connectivity index (χ1) is 8.86. The van der Waals surface area contributed by atoms with Gasteiger partial charge in [0.15, 0.2) is 0 Å². The number of benzene rings is 1. The minimum absolute atomic E-state index is 0.710. The third kappa shape index (κ3) is 2.39. The maximum Gasteiger partial charge on any atom is 0.0373 e. The van der Waals surface area contributed by atoms with E-state index in [0.717, 1.165) is 12.5 Å². The van der Waals surface area contributed by atoms with Gasteiger partial charge in [-0.3, -0.25) is 4.90 Å². The Kier molecular flexibility index (Phi) is 3.55. The zero-order chi connectivity index (χ0) is 12.4. The molecule has 0 spiro atoms. The molecule has 0 aliphatic carbocycles. The average molecular weight is 244 g/mol. The number of nitrogens with zero attached hydrogens (tertiary/aromatic N) is 1. The van der Waals surface area contributed by atoms with Crippen molar-refractivity contribution in [2.75, 3.05) is 25.0 Å². The first-order valence-electron chi connectivity index (χ1n) is 7.42. The molecule has 0 bridgehead atoms. The minimum atomic E-state index is 0.710. The summed E-state index contributed by atoms with van der Waals surface area (Å²) in [6.45, 7) is 6.05. The summed E-state index contributed by atoms with van der Waals surface area (Å²) in [6, 6.07) is 9.47. The molecule has 2 nitrogen and oxygen atoms in total. The highest BCUT2D eigenvalue weighted by atomic mass is 15.2. The molecule has 1 saturated heterocycles. The third-order valence-corrected chi connectivity index (χ3v) is 4.53. The van der Waals surface area contributed by atoms with E-state index in [0.29, 0.717) is 6.04 Å². The number of nitrogens with one attached hydrogen (secondary N) is 1. The van der Waals surface area contributed by atoms with E-state index in [-0.39, 0.29) is 0 Å². The van der Waals surface area contributed by atoms with Gasteiger partial charge in [-0.2, -0.15) is 0 Å². The van der Waals surface area contributed by atoms with Gasteiger partial charge in [0, 0.05) is 24.8 Å². The normalized spacial score (nSPS) is 27.8. The quantitative estimate of drug-likeness (QED) is 0.878. The predicted molar refractivity (Wildman–Crippen MR) is 77.0 cm³/mol. The lowest BCUT2D eigenvalue weighted by atomic mass is 9.98. The molecular formula is C16H24N2. The van der Waals surface area contributed by atoms with Crippen LogP contribution in [0.1, 0.15) is 31.7 Å². The van der Waals surface area contributed by atoms with Crippen molar-refractivity contribution in [3.05, 3.63) is 29.8 Å². The molecule has 3 rings (SSSR count). The van der Waals surface area contributed by atoms with Gasteiger partial charge >= 0.3 is 0 Å². The summed E-state index contributed by atoms with van der Waals surface area (Å²) < 4.78 is 0. The SMILES string of the molecule is CCCC1CCN(C2CNc3ccccc3C2)C1. The number of likely N-dealkylation sites (tertiary alicyclic amines) is 1. The van der Waals surface area contributed by atoms with Crippen LogP contribution in [0.15, 0.2) is 24.3 Å². The standard InChI is InChI=1S/C16H24N2/c1-2-5-13-8-9-18(12-13)15-10-14-6-3-4-7-16(14)17-11-15/h3-4,6-7,13,15,17H,2,5,8-12H2,1H3. The summed E-state index contributed by atoms with van der Waals surface area (Å²) in [4.78, 5) is 2.71. The van der Waals surface area contributed by atoms with E-state index in [4.69, 9.17) is 0 Å². The van der Waals surface area contributed by atoms with E-state index in [2.05, 4.69) is 41.4 Å². The molecule has 1 N–H and O–H groups in total. The molecule has 2 heterocycles. The lowest BCUT2D eigenvalue weighted by Crippen LogP contribution is -2.42. The molecule has 2 aliphatic heterocycles. The van der Waals surface area contributed by atoms with Gasteiger partial charge in [0.1, 0.15) is 0 Å². The van der Waals surface area contributed by atoms with Crippen molar-refractivity contribution in [1.29, 1.82) is 0 Å². The summed E-state index contributed by atoms with van der Waals surface area (Å²) in [5.41, 5.74) is 2.84. The van der Waals surface area contributed by atoms with Crippen LogP contribution < -0.4 is 5.32 Å². The van der Waals surface area contributed by atoms with Crippen molar-refractivity contribution in [2.45, 2.75) is 38.6 Å². The number of anilines is 1. The number of rotatable bonds is 3. The largest absolute Gasteiger partial charge is 0.383 e. The van der Waals surface area contributed by atoms with E-state index in [9.17, 15) is 0 Å². The van der Waals surface area contributed by atoms with Gasteiger partial charge in [-0.15, -0.1) is 0 Å². The Labute approximate surface area is 110 Å². The minimum Gasteiger partial charge on any atom is -0.383 e. The van der Waals surface area contributed by atoms with Gasteiger partial charge < -0.3 is 5.32 Å². The number of para-hydroxylation sites is 1. The van der Waals surface area contributed by atoms with E-state index in [1.54, 1.807) is 0 Å². The molecular weight excluding hydrogens is 220 g/mol. The van der Waals surface area contributed by atoms with Crippen LogP contribution >= 0.6 is 0 Å². The maximum atomic E-state index is 3.59. The first-order valence-corrected chi connectivity index (χ1v) is 7.42. The van der Waals surface area contributed by atoms with Crippen molar-refractivity contribution < 1.29 is 0 Å². The van der Waals surface area contributed by atoms with Crippen LogP contribution in [0.25, 0.3) is 0 Å². The second-order valence-electron chi connectivity index (χ2n) is 5.83. The molecule has 18 heavy (non-hydrogen) atoms. The molecule has 0 amide bonds. The monoisotopic (exact) mass is 244 g/mol. The van der Waals surface area contributed by atoms with Gasteiger partial charge in [-0.05, 0) is 43.4 Å². The highest BCUT2D eigenvalue weighted by Crippen LogP contribution is 2.28. The maximum absolute atomic E-state index is 3.59. The molecule has 2 unspecified atom stereocenters. The fourth-order valence-electron chi connectivity index (χ4n) is 3.52. The van der Waals surface area contributed by atoms with Crippen LogP contribution in [0.5, 0.6) is 0 Å². The Balaban J connectivity index is 1.63. The summed E-state index contributed by atoms with van der Waals surface area (Å²) >= 11 is 0. The van der Waals surface area contributed by atoms with Crippen LogP contribution in [0.4, 0.5) is 5.69 Å². The van der Waals surface area contributed by atoms with E-state index >= 15 is 0 Å². The molecule has 2 aliphatic rings. The van der Waals surface area contributed by atoms with Gasteiger partial charge in [0.2, 0.25) is 0 Å². The highest BCUT2D eigenvalue weighted by Gasteiger charge is 2.29. The molecule has 0 saturated carbocycles. The van der Waals surface area contributed by atoms with E-state index in [1.165, 1.54) is 50.0 Å². The van der Waals surface area contributed by atoms with Crippen LogP contribution in [0.2, 0.25) is 0 Å². The fraction of sp³-hybridized carbons (Fsp3) is 0.625. The Bertz CT molecular complexity index is 402. The van der Waals surface area contributed by atoms with Crippen LogP contribution in [0.3, 0.4) is 0 Å². The van der Waals surface area contributed by atoms with Gasteiger partial charge in [-0.1, -0.05) is 31.5 Å². The van der Waals surface area contributed by atoms with Crippen LogP contribution in [-0.2, 0) is 6.42 Å². The lowest BCUT2D eigenvalue weighted by Gasteiger charge is -2.33. The smallest absolute Gasteiger partial charge is 0.0373 e. The zero-order valence-electron chi connectivity index (χ0n) is 11.4. The number of hydrogen-bond donors (Lipinski definition) is 1. The topological polar surface area (TPSA) is 15.3 Å². The molecule has 1 aromatic carbocycles. The highest BCUT2D eigenvalue weighted by molar-refractivity contribution is 5.53. The molecule has 0 radical (unpaired) electrons. The van der Waals surface area contributed by atoms with E-state index in [1.807, 2.05) is 0 Å². The van der Waals surface area contributed by atoms with Crippen LogP contribution in [-0.4, -0.2) is 30.6 Å². The third-order valence-electron chi connectivity index (χ3n) is 4.53. The molecule has 0 aromatic heterocycles. The van der Waals surface area contributed by atoms with Gasteiger partial charge in [-0.25, -0.2) is 0 Å². The zero-order valence-corrected chi connectivity index (χ0v) is 11.4. The Morgan fingerprint density at radius 2 is 2.22 bits per heavy atom. The van der Waals surface area contributed by atoms with Crippen molar-refractivity contribution in [1.82, 2.24) is 4.90 Å². The second-order valence-corrected chi connectivity index (χ2v) is 5.83. The molecule has 2 atom stereocenters. The first kappa shape index (κ1) is 12.0. The lowest BCUT2D eigenvalue weighted by molar-refractivity contribution is 0.236. The predicted octanol–water partition coefficient (Wildman–Crippen LogP) is 3.15. The van der Waals surface area contributed by atoms with E-state index < -0.39 is 0 Å². The Hall–Kier alpha value is -1.02. The summed E-state index contributed by atoms with van der Waals surface area (Å²) in [6.07, 6.45) is 5.38. The van der Waals surface area contributed by atoms with Crippen LogP contribution in [0, 0.1) is 5.92 Å². The summed E-state index contributed by atoms with van der Waals surface area (Å²) in [5.74, 6) is 0.951. The molecule has 2 heteroatoms. The summed E-state index contributed by atoms with van der Waals surface area (Å²) in [7, 11) is 0. The van der Waals surface area contributed by atoms with Crippen molar-refractivity contribution >= 4 is 5.69 Å². The van der Waals surface area contributed by atoms with Gasteiger partial charge in [0.25, 0.3) is 0 Å². The Morgan fingerprint density at radius 3 is 3.11 bits per heavy atom. The van der Waals surface area contributed by atoms with Crippen molar-refractivity contribution in [3.63, 3.8) is 0 Å². The molecule has 98 valence electrons. The van der Waals surface area contributed by atoms with Gasteiger partial charge in [0.05, 0.1) is 0 Å². The fourth-order valence-corrected chi connectivity index (χ4v) is 3.52. The molecule has 1 aromatic rings. The van der Waals surface area contributed by atoms with Crippen molar-refractivity contribution in [3.8, 4) is 0 Å². The van der Waals surface area contributed by atoms with Crippen molar-refractivity contribution in [2.24, 2.45) is 5.92 Å². The second kappa shape index (κ2) is 5.31. The Morgan fingerprint density at radius 1 is 1.33 bits per heavy atom. The molecule has 1 fully saturated rings.